The number of hydrogen-bond donors (Lipinski definition) is 2. The molecule has 0 amide bonds. The van der Waals surface area contributed by atoms with E-state index in [9.17, 15) is 0 Å². The van der Waals surface area contributed by atoms with E-state index < -0.39 is 0 Å². The normalized spacial score (nSPS) is 10.2. The average Bonchev–Trinajstić information content (AvgIpc) is 2.30. The fourth-order valence-electron chi connectivity index (χ4n) is 1.42. The lowest BCUT2D eigenvalue weighted by Crippen LogP contribution is -2.21. The molecular weight excluding hydrogens is 202 g/mol. The lowest BCUT2D eigenvalue weighted by atomic mass is 10.4. The Labute approximate surface area is 97.3 Å². The van der Waals surface area contributed by atoms with Gasteiger partial charge in [0.1, 0.15) is 18.0 Å². The van der Waals surface area contributed by atoms with Crippen LogP contribution in [0.15, 0.2) is 12.4 Å². The van der Waals surface area contributed by atoms with E-state index in [0.717, 1.165) is 37.7 Å². The van der Waals surface area contributed by atoms with Gasteiger partial charge in [0.2, 0.25) is 0 Å². The van der Waals surface area contributed by atoms with Crippen LogP contribution in [0, 0.1) is 0 Å². The number of nitrogens with one attached hydrogen (secondary N) is 2. The number of likely N-dealkylation sites (N-methyl/N-ethyl adjacent to an activating group) is 1. The van der Waals surface area contributed by atoms with Gasteiger partial charge in [-0.05, 0) is 13.5 Å². The SMILES string of the molecule is CCCN(C)c1cc(NCCNC)ncn1. The van der Waals surface area contributed by atoms with E-state index in [1.165, 1.54) is 0 Å². The molecular formula is C11H21N5. The number of aromatic nitrogens is 2. The van der Waals surface area contributed by atoms with Crippen LogP contribution in [0.3, 0.4) is 0 Å². The van der Waals surface area contributed by atoms with Crippen LogP contribution in [0.1, 0.15) is 13.3 Å². The molecule has 0 atom stereocenters. The molecule has 0 spiro atoms. The Morgan fingerprint density at radius 2 is 2.12 bits per heavy atom. The number of nitrogens with zero attached hydrogens (tertiary/aromatic N) is 3. The first-order valence-corrected chi connectivity index (χ1v) is 5.69. The highest BCUT2D eigenvalue weighted by Gasteiger charge is 2.02. The molecule has 16 heavy (non-hydrogen) atoms. The third-order valence-corrected chi connectivity index (χ3v) is 2.28. The smallest absolute Gasteiger partial charge is 0.133 e. The molecule has 0 bridgehead atoms. The van der Waals surface area contributed by atoms with Gasteiger partial charge in [-0.25, -0.2) is 9.97 Å². The predicted octanol–water partition coefficient (Wildman–Crippen LogP) is 0.954. The second-order valence-electron chi connectivity index (χ2n) is 3.71. The Morgan fingerprint density at radius 1 is 1.31 bits per heavy atom. The summed E-state index contributed by atoms with van der Waals surface area (Å²) < 4.78 is 0. The number of hydrogen-bond acceptors (Lipinski definition) is 5. The maximum atomic E-state index is 4.25. The number of anilines is 2. The summed E-state index contributed by atoms with van der Waals surface area (Å²) in [6.07, 6.45) is 2.71. The average molecular weight is 223 g/mol. The van der Waals surface area contributed by atoms with Crippen molar-refractivity contribution >= 4 is 11.6 Å². The minimum absolute atomic E-state index is 0.866. The van der Waals surface area contributed by atoms with Crippen LogP contribution in [-0.2, 0) is 0 Å². The zero-order valence-corrected chi connectivity index (χ0v) is 10.3. The second-order valence-corrected chi connectivity index (χ2v) is 3.71. The zero-order chi connectivity index (χ0) is 11.8. The van der Waals surface area contributed by atoms with Crippen LogP contribution in [0.4, 0.5) is 11.6 Å². The highest BCUT2D eigenvalue weighted by molar-refractivity contribution is 5.47. The zero-order valence-electron chi connectivity index (χ0n) is 10.3. The molecule has 5 heteroatoms. The molecule has 2 N–H and O–H groups in total. The van der Waals surface area contributed by atoms with Crippen LogP contribution in [0.25, 0.3) is 0 Å². The molecule has 1 rings (SSSR count). The van der Waals surface area contributed by atoms with Gasteiger partial charge in [0.25, 0.3) is 0 Å². The summed E-state index contributed by atoms with van der Waals surface area (Å²) >= 11 is 0. The fourth-order valence-corrected chi connectivity index (χ4v) is 1.42. The molecule has 0 aliphatic carbocycles. The molecule has 0 unspecified atom stereocenters. The van der Waals surface area contributed by atoms with Crippen molar-refractivity contribution in [3.63, 3.8) is 0 Å². The largest absolute Gasteiger partial charge is 0.369 e. The first-order chi connectivity index (χ1) is 7.77. The minimum Gasteiger partial charge on any atom is -0.369 e. The van der Waals surface area contributed by atoms with Gasteiger partial charge in [-0.2, -0.15) is 0 Å². The van der Waals surface area contributed by atoms with Crippen LogP contribution in [0.5, 0.6) is 0 Å². The Hall–Kier alpha value is -1.36. The van der Waals surface area contributed by atoms with Crippen molar-refractivity contribution in [2.24, 2.45) is 0 Å². The first kappa shape index (κ1) is 12.7. The summed E-state index contributed by atoms with van der Waals surface area (Å²) in [5.41, 5.74) is 0. The molecule has 0 aromatic carbocycles. The first-order valence-electron chi connectivity index (χ1n) is 5.69. The van der Waals surface area contributed by atoms with Crippen LogP contribution in [0.2, 0.25) is 0 Å². The molecule has 0 radical (unpaired) electrons. The van der Waals surface area contributed by atoms with E-state index in [2.05, 4.69) is 32.4 Å². The Morgan fingerprint density at radius 3 is 2.81 bits per heavy atom. The molecule has 5 nitrogen and oxygen atoms in total. The lowest BCUT2D eigenvalue weighted by Gasteiger charge is -2.17. The topological polar surface area (TPSA) is 53.1 Å². The minimum atomic E-state index is 0.866. The van der Waals surface area contributed by atoms with Gasteiger partial charge in [-0.1, -0.05) is 6.92 Å². The van der Waals surface area contributed by atoms with Crippen molar-refractivity contribution < 1.29 is 0 Å². The van der Waals surface area contributed by atoms with E-state index in [4.69, 9.17) is 0 Å². The molecule has 1 aromatic rings. The van der Waals surface area contributed by atoms with E-state index in [1.807, 2.05) is 20.2 Å². The highest BCUT2D eigenvalue weighted by Crippen LogP contribution is 2.12. The summed E-state index contributed by atoms with van der Waals surface area (Å²) in [5, 5.41) is 6.32. The summed E-state index contributed by atoms with van der Waals surface area (Å²) in [4.78, 5) is 10.6. The van der Waals surface area contributed by atoms with Crippen molar-refractivity contribution in [2.45, 2.75) is 13.3 Å². The van der Waals surface area contributed by atoms with E-state index >= 15 is 0 Å². The summed E-state index contributed by atoms with van der Waals surface area (Å²) in [6, 6.07) is 1.98. The van der Waals surface area contributed by atoms with Gasteiger partial charge in [-0.3, -0.25) is 0 Å². The third-order valence-electron chi connectivity index (χ3n) is 2.28. The molecule has 1 aromatic heterocycles. The number of rotatable bonds is 7. The van der Waals surface area contributed by atoms with Gasteiger partial charge in [0, 0.05) is 32.7 Å². The molecule has 1 heterocycles. The third kappa shape index (κ3) is 4.02. The molecule has 0 aliphatic heterocycles. The van der Waals surface area contributed by atoms with Gasteiger partial charge < -0.3 is 15.5 Å². The van der Waals surface area contributed by atoms with E-state index in [-0.39, 0.29) is 0 Å². The second kappa shape index (κ2) is 7.00. The van der Waals surface area contributed by atoms with Crippen molar-refractivity contribution in [3.8, 4) is 0 Å². The summed E-state index contributed by atoms with van der Waals surface area (Å²) in [5.74, 6) is 1.84. The Kier molecular flexibility index (Phi) is 5.56. The fraction of sp³-hybridized carbons (Fsp3) is 0.636. The highest BCUT2D eigenvalue weighted by atomic mass is 15.2. The Balaban J connectivity index is 2.56. The van der Waals surface area contributed by atoms with Crippen LogP contribution in [-0.4, -0.2) is 43.7 Å². The van der Waals surface area contributed by atoms with Crippen molar-refractivity contribution in [2.75, 3.05) is 43.9 Å². The van der Waals surface area contributed by atoms with E-state index in [1.54, 1.807) is 6.33 Å². The molecule has 0 aliphatic rings. The molecule has 0 saturated carbocycles. The van der Waals surface area contributed by atoms with Gasteiger partial charge >= 0.3 is 0 Å². The van der Waals surface area contributed by atoms with Gasteiger partial charge in [0.05, 0.1) is 0 Å². The monoisotopic (exact) mass is 223 g/mol. The van der Waals surface area contributed by atoms with Gasteiger partial charge in [-0.15, -0.1) is 0 Å². The quantitative estimate of drug-likeness (QED) is 0.674. The van der Waals surface area contributed by atoms with Gasteiger partial charge in [0.15, 0.2) is 0 Å². The Bertz CT molecular complexity index is 302. The molecule has 0 fully saturated rings. The summed E-state index contributed by atoms with van der Waals surface area (Å²) in [7, 11) is 3.98. The summed E-state index contributed by atoms with van der Waals surface area (Å²) in [6.45, 7) is 4.95. The van der Waals surface area contributed by atoms with Crippen LogP contribution < -0.4 is 15.5 Å². The van der Waals surface area contributed by atoms with Crippen LogP contribution >= 0.6 is 0 Å². The predicted molar refractivity (Wildman–Crippen MR) is 68.0 cm³/mol. The molecule has 0 saturated heterocycles. The maximum absolute atomic E-state index is 4.25. The maximum Gasteiger partial charge on any atom is 0.133 e. The molecule has 90 valence electrons. The lowest BCUT2D eigenvalue weighted by molar-refractivity contribution is 0.817. The van der Waals surface area contributed by atoms with Crippen molar-refractivity contribution in [1.82, 2.24) is 15.3 Å². The standard InChI is InChI=1S/C11H21N5/c1-4-7-16(3)11-8-10(14-9-15-11)13-6-5-12-2/h8-9,12H,4-7H2,1-3H3,(H,13,14,15). The van der Waals surface area contributed by atoms with E-state index in [0.29, 0.717) is 0 Å². The van der Waals surface area contributed by atoms with Crippen molar-refractivity contribution in [1.29, 1.82) is 0 Å². The van der Waals surface area contributed by atoms with Crippen molar-refractivity contribution in [3.05, 3.63) is 12.4 Å².